The van der Waals surface area contributed by atoms with Crippen molar-refractivity contribution in [3.05, 3.63) is 0 Å². The Labute approximate surface area is 170 Å². The van der Waals surface area contributed by atoms with Crippen LogP contribution in [0.15, 0.2) is 4.99 Å². The topological polar surface area (TPSA) is 56.7 Å². The van der Waals surface area contributed by atoms with E-state index in [4.69, 9.17) is 0 Å². The summed E-state index contributed by atoms with van der Waals surface area (Å²) in [5.74, 6) is 2.53. The van der Waals surface area contributed by atoms with Crippen LogP contribution in [0.5, 0.6) is 0 Å². The number of likely N-dealkylation sites (tertiary alicyclic amines) is 1. The largest absolute Gasteiger partial charge is 0.359 e. The standard InChI is InChI=1S/C19H36N4O.HI/c1-19(2,16-7-5-6-8-16)14-22-18(21-4)23-11-9-15(10-12-23)13-17(24)20-3;/h15-16H,5-14H2,1-4H3,(H,20,24)(H,21,22);1H. The van der Waals surface area contributed by atoms with Crippen molar-refractivity contribution < 1.29 is 4.79 Å². The van der Waals surface area contributed by atoms with Crippen LogP contribution in [-0.4, -0.2) is 50.5 Å². The third-order valence-electron chi connectivity index (χ3n) is 6.04. The number of hydrogen-bond acceptors (Lipinski definition) is 2. The predicted octanol–water partition coefficient (Wildman–Crippen LogP) is 3.24. The van der Waals surface area contributed by atoms with Crippen LogP contribution in [0.25, 0.3) is 0 Å². The molecule has 2 fully saturated rings. The lowest BCUT2D eigenvalue weighted by Crippen LogP contribution is -2.49. The van der Waals surface area contributed by atoms with Gasteiger partial charge in [-0.25, -0.2) is 0 Å². The molecule has 2 N–H and O–H groups in total. The summed E-state index contributed by atoms with van der Waals surface area (Å²) in [7, 11) is 3.59. The maximum absolute atomic E-state index is 11.5. The number of nitrogens with zero attached hydrogens (tertiary/aromatic N) is 2. The lowest BCUT2D eigenvalue weighted by Gasteiger charge is -2.37. The minimum Gasteiger partial charge on any atom is -0.359 e. The van der Waals surface area contributed by atoms with Gasteiger partial charge in [-0.15, -0.1) is 24.0 Å². The van der Waals surface area contributed by atoms with Crippen LogP contribution >= 0.6 is 24.0 Å². The van der Waals surface area contributed by atoms with Crippen molar-refractivity contribution in [2.24, 2.45) is 22.2 Å². The molecule has 1 saturated heterocycles. The zero-order chi connectivity index (χ0) is 17.6. The summed E-state index contributed by atoms with van der Waals surface area (Å²) < 4.78 is 0. The fourth-order valence-electron chi connectivity index (χ4n) is 4.20. The highest BCUT2D eigenvalue weighted by molar-refractivity contribution is 14.0. The molecule has 1 heterocycles. The fourth-order valence-corrected chi connectivity index (χ4v) is 4.20. The van der Waals surface area contributed by atoms with E-state index in [9.17, 15) is 4.79 Å². The Morgan fingerprint density at radius 1 is 1.16 bits per heavy atom. The Balaban J connectivity index is 0.00000312. The second kappa shape index (κ2) is 10.6. The van der Waals surface area contributed by atoms with E-state index in [1.165, 1.54) is 25.7 Å². The summed E-state index contributed by atoms with van der Waals surface area (Å²) >= 11 is 0. The first-order valence-electron chi connectivity index (χ1n) is 9.62. The molecule has 2 aliphatic rings. The number of rotatable bonds is 5. The highest BCUT2D eigenvalue weighted by Gasteiger charge is 2.32. The maximum Gasteiger partial charge on any atom is 0.220 e. The van der Waals surface area contributed by atoms with Gasteiger partial charge in [-0.3, -0.25) is 9.79 Å². The SMILES string of the molecule is CN=C(NCC(C)(C)C1CCCC1)N1CCC(CC(=O)NC)CC1.I. The summed E-state index contributed by atoms with van der Waals surface area (Å²) in [4.78, 5) is 18.4. The zero-order valence-corrected chi connectivity index (χ0v) is 18.8. The first kappa shape index (κ1) is 22.5. The van der Waals surface area contributed by atoms with Gasteiger partial charge in [0.1, 0.15) is 0 Å². The van der Waals surface area contributed by atoms with Crippen molar-refractivity contribution >= 4 is 35.8 Å². The molecular formula is C19H37IN4O. The van der Waals surface area contributed by atoms with E-state index in [-0.39, 0.29) is 29.9 Å². The van der Waals surface area contributed by atoms with E-state index in [2.05, 4.69) is 34.4 Å². The van der Waals surface area contributed by atoms with E-state index < -0.39 is 0 Å². The third-order valence-corrected chi connectivity index (χ3v) is 6.04. The van der Waals surface area contributed by atoms with E-state index in [1.807, 2.05) is 7.05 Å². The quantitative estimate of drug-likeness (QED) is 0.373. The summed E-state index contributed by atoms with van der Waals surface area (Å²) in [6.45, 7) is 7.75. The van der Waals surface area contributed by atoms with Crippen LogP contribution in [0.4, 0.5) is 0 Å². The molecule has 2 rings (SSSR count). The van der Waals surface area contributed by atoms with Crippen molar-refractivity contribution in [2.75, 3.05) is 33.7 Å². The Kier molecular flexibility index (Phi) is 9.52. The minimum absolute atomic E-state index is 0. The number of guanidine groups is 1. The lowest BCUT2D eigenvalue weighted by molar-refractivity contribution is -0.121. The summed E-state index contributed by atoms with van der Waals surface area (Å²) in [6, 6.07) is 0. The van der Waals surface area contributed by atoms with Gasteiger partial charge in [0, 0.05) is 40.2 Å². The number of nitrogens with one attached hydrogen (secondary N) is 2. The van der Waals surface area contributed by atoms with Gasteiger partial charge in [-0.2, -0.15) is 0 Å². The van der Waals surface area contributed by atoms with Crippen LogP contribution in [0.3, 0.4) is 0 Å². The smallest absolute Gasteiger partial charge is 0.220 e. The number of halogens is 1. The maximum atomic E-state index is 11.5. The van der Waals surface area contributed by atoms with Crippen molar-refractivity contribution in [3.8, 4) is 0 Å². The van der Waals surface area contributed by atoms with E-state index in [1.54, 1.807) is 7.05 Å². The third kappa shape index (κ3) is 6.61. The van der Waals surface area contributed by atoms with Gasteiger partial charge in [0.2, 0.25) is 5.91 Å². The number of carbonyl (C=O) groups is 1. The van der Waals surface area contributed by atoms with E-state index in [0.717, 1.165) is 44.4 Å². The molecule has 25 heavy (non-hydrogen) atoms. The Morgan fingerprint density at radius 2 is 1.76 bits per heavy atom. The monoisotopic (exact) mass is 464 g/mol. The first-order valence-corrected chi connectivity index (χ1v) is 9.62. The average molecular weight is 464 g/mol. The van der Waals surface area contributed by atoms with Gasteiger partial charge < -0.3 is 15.5 Å². The normalized spacial score (nSPS) is 20.3. The molecule has 0 bridgehead atoms. The van der Waals surface area contributed by atoms with Crippen LogP contribution < -0.4 is 10.6 Å². The van der Waals surface area contributed by atoms with Crippen LogP contribution in [0, 0.1) is 17.3 Å². The fraction of sp³-hybridized carbons (Fsp3) is 0.895. The molecule has 0 atom stereocenters. The predicted molar refractivity (Wildman–Crippen MR) is 115 cm³/mol. The molecule has 0 aromatic rings. The van der Waals surface area contributed by atoms with Gasteiger partial charge in [0.25, 0.3) is 0 Å². The summed E-state index contributed by atoms with van der Waals surface area (Å²) in [5.41, 5.74) is 0.323. The summed E-state index contributed by atoms with van der Waals surface area (Å²) in [6.07, 6.45) is 8.32. The lowest BCUT2D eigenvalue weighted by atomic mass is 9.78. The van der Waals surface area contributed by atoms with Crippen LogP contribution in [0.1, 0.15) is 58.8 Å². The molecule has 0 spiro atoms. The molecule has 0 aromatic carbocycles. The molecule has 1 aliphatic carbocycles. The Hall–Kier alpha value is -0.530. The Morgan fingerprint density at radius 3 is 2.28 bits per heavy atom. The molecule has 1 aliphatic heterocycles. The number of amides is 1. The second-order valence-electron chi connectivity index (χ2n) is 8.18. The van der Waals surface area contributed by atoms with Crippen LogP contribution in [-0.2, 0) is 4.79 Å². The van der Waals surface area contributed by atoms with Gasteiger partial charge >= 0.3 is 0 Å². The summed E-state index contributed by atoms with van der Waals surface area (Å²) in [5, 5.41) is 6.35. The van der Waals surface area contributed by atoms with Crippen molar-refractivity contribution in [2.45, 2.75) is 58.8 Å². The molecule has 146 valence electrons. The highest BCUT2D eigenvalue weighted by Crippen LogP contribution is 2.39. The van der Waals surface area contributed by atoms with Gasteiger partial charge in [0.05, 0.1) is 0 Å². The molecule has 1 amide bonds. The van der Waals surface area contributed by atoms with Crippen molar-refractivity contribution in [1.82, 2.24) is 15.5 Å². The minimum atomic E-state index is 0. The molecule has 0 unspecified atom stereocenters. The Bertz CT molecular complexity index is 439. The molecular weight excluding hydrogens is 427 g/mol. The second-order valence-corrected chi connectivity index (χ2v) is 8.18. The molecule has 0 aromatic heterocycles. The molecule has 1 saturated carbocycles. The number of hydrogen-bond donors (Lipinski definition) is 2. The van der Waals surface area contributed by atoms with Gasteiger partial charge in [0.15, 0.2) is 5.96 Å². The highest BCUT2D eigenvalue weighted by atomic mass is 127. The average Bonchev–Trinajstić information content (AvgIpc) is 3.12. The van der Waals surface area contributed by atoms with Gasteiger partial charge in [-0.1, -0.05) is 26.7 Å². The van der Waals surface area contributed by atoms with Gasteiger partial charge in [-0.05, 0) is 42.9 Å². The van der Waals surface area contributed by atoms with Crippen LogP contribution in [0.2, 0.25) is 0 Å². The number of aliphatic imine (C=N–C) groups is 1. The zero-order valence-electron chi connectivity index (χ0n) is 16.4. The molecule has 6 heteroatoms. The van der Waals surface area contributed by atoms with E-state index in [0.29, 0.717) is 17.8 Å². The number of piperidine rings is 1. The van der Waals surface area contributed by atoms with Crippen molar-refractivity contribution in [3.63, 3.8) is 0 Å². The molecule has 5 nitrogen and oxygen atoms in total. The molecule has 0 radical (unpaired) electrons. The van der Waals surface area contributed by atoms with E-state index >= 15 is 0 Å². The number of carbonyl (C=O) groups excluding carboxylic acids is 1. The first-order chi connectivity index (χ1) is 11.5. The van der Waals surface area contributed by atoms with Crippen molar-refractivity contribution in [1.29, 1.82) is 0 Å².